The standard InChI is InChI=1S/C14H18ClN3O/c1-4-18-9-11(8-16-18)10(2)17-12-5-6-14(19-3)13(15)7-12/h5-10,17H,4H2,1-3H3. The highest BCUT2D eigenvalue weighted by atomic mass is 35.5. The van der Waals surface area contributed by atoms with Crippen LogP contribution in [0.2, 0.25) is 5.02 Å². The number of benzene rings is 1. The Labute approximate surface area is 118 Å². The van der Waals surface area contributed by atoms with Crippen molar-refractivity contribution in [3.05, 3.63) is 41.2 Å². The van der Waals surface area contributed by atoms with Gasteiger partial charge in [-0.1, -0.05) is 11.6 Å². The molecule has 0 bridgehead atoms. The van der Waals surface area contributed by atoms with E-state index in [0.29, 0.717) is 10.8 Å². The number of anilines is 1. The van der Waals surface area contributed by atoms with Crippen LogP contribution in [0.3, 0.4) is 0 Å². The molecule has 1 aromatic carbocycles. The third-order valence-corrected chi connectivity index (χ3v) is 3.31. The predicted molar refractivity (Wildman–Crippen MR) is 77.9 cm³/mol. The maximum absolute atomic E-state index is 6.10. The van der Waals surface area contributed by atoms with Gasteiger partial charge in [-0.25, -0.2) is 0 Å². The van der Waals surface area contributed by atoms with E-state index in [-0.39, 0.29) is 6.04 Å². The normalized spacial score (nSPS) is 12.2. The minimum absolute atomic E-state index is 0.171. The molecule has 0 aliphatic rings. The number of nitrogens with one attached hydrogen (secondary N) is 1. The van der Waals surface area contributed by atoms with Crippen molar-refractivity contribution in [1.82, 2.24) is 9.78 Å². The first-order chi connectivity index (χ1) is 9.13. The minimum Gasteiger partial charge on any atom is -0.495 e. The van der Waals surface area contributed by atoms with E-state index < -0.39 is 0 Å². The maximum atomic E-state index is 6.10. The topological polar surface area (TPSA) is 39.1 Å². The summed E-state index contributed by atoms with van der Waals surface area (Å²) in [5.74, 6) is 0.679. The highest BCUT2D eigenvalue weighted by Crippen LogP contribution is 2.29. The summed E-state index contributed by atoms with van der Waals surface area (Å²) in [4.78, 5) is 0. The number of hydrogen-bond donors (Lipinski definition) is 1. The van der Waals surface area contributed by atoms with Crippen LogP contribution in [0.5, 0.6) is 5.75 Å². The Morgan fingerprint density at radius 2 is 2.26 bits per heavy atom. The van der Waals surface area contributed by atoms with Gasteiger partial charge in [-0.15, -0.1) is 0 Å². The Morgan fingerprint density at radius 3 is 2.84 bits per heavy atom. The van der Waals surface area contributed by atoms with Crippen LogP contribution in [0.25, 0.3) is 0 Å². The molecule has 0 aliphatic carbocycles. The second kappa shape index (κ2) is 5.97. The zero-order chi connectivity index (χ0) is 13.8. The molecular formula is C14H18ClN3O. The lowest BCUT2D eigenvalue weighted by Crippen LogP contribution is -2.05. The molecular weight excluding hydrogens is 262 g/mol. The second-order valence-electron chi connectivity index (χ2n) is 4.34. The van der Waals surface area contributed by atoms with E-state index in [2.05, 4.69) is 24.3 Å². The number of ether oxygens (including phenoxy) is 1. The SMILES string of the molecule is CCn1cc(C(C)Nc2ccc(OC)c(Cl)c2)cn1. The Morgan fingerprint density at radius 1 is 1.47 bits per heavy atom. The number of methoxy groups -OCH3 is 1. The Hall–Kier alpha value is -1.68. The zero-order valence-corrected chi connectivity index (χ0v) is 12.1. The van der Waals surface area contributed by atoms with Gasteiger partial charge in [0.2, 0.25) is 0 Å². The van der Waals surface area contributed by atoms with Gasteiger partial charge >= 0.3 is 0 Å². The van der Waals surface area contributed by atoms with Crippen molar-refractivity contribution in [3.8, 4) is 5.75 Å². The highest BCUT2D eigenvalue weighted by molar-refractivity contribution is 6.32. The van der Waals surface area contributed by atoms with Crippen LogP contribution in [-0.2, 0) is 6.54 Å². The van der Waals surface area contributed by atoms with Crippen LogP contribution in [0, 0.1) is 0 Å². The van der Waals surface area contributed by atoms with Gasteiger partial charge in [0.15, 0.2) is 0 Å². The van der Waals surface area contributed by atoms with E-state index in [1.165, 1.54) is 0 Å². The molecule has 1 unspecified atom stereocenters. The average Bonchev–Trinajstić information content (AvgIpc) is 2.88. The van der Waals surface area contributed by atoms with Gasteiger partial charge in [0.05, 0.1) is 24.4 Å². The lowest BCUT2D eigenvalue weighted by Gasteiger charge is -2.14. The van der Waals surface area contributed by atoms with Gasteiger partial charge in [0.25, 0.3) is 0 Å². The van der Waals surface area contributed by atoms with E-state index in [9.17, 15) is 0 Å². The van der Waals surface area contributed by atoms with Gasteiger partial charge < -0.3 is 10.1 Å². The van der Waals surface area contributed by atoms with E-state index in [4.69, 9.17) is 16.3 Å². The molecule has 1 aromatic heterocycles. The summed E-state index contributed by atoms with van der Waals surface area (Å²) in [7, 11) is 1.61. The van der Waals surface area contributed by atoms with Crippen molar-refractivity contribution in [2.24, 2.45) is 0 Å². The molecule has 1 heterocycles. The first kappa shape index (κ1) is 13.7. The van der Waals surface area contributed by atoms with Crippen molar-refractivity contribution >= 4 is 17.3 Å². The number of aromatic nitrogens is 2. The van der Waals surface area contributed by atoms with E-state index in [1.54, 1.807) is 7.11 Å². The number of aryl methyl sites for hydroxylation is 1. The highest BCUT2D eigenvalue weighted by Gasteiger charge is 2.09. The first-order valence-electron chi connectivity index (χ1n) is 6.26. The van der Waals surface area contributed by atoms with Gasteiger partial charge in [0, 0.05) is 24.0 Å². The van der Waals surface area contributed by atoms with Gasteiger partial charge in [-0.2, -0.15) is 5.10 Å². The molecule has 0 saturated heterocycles. The van der Waals surface area contributed by atoms with Crippen molar-refractivity contribution < 1.29 is 4.74 Å². The summed E-state index contributed by atoms with van der Waals surface area (Å²) in [5.41, 5.74) is 2.11. The third kappa shape index (κ3) is 3.20. The Bertz CT molecular complexity index is 553. The third-order valence-electron chi connectivity index (χ3n) is 3.01. The first-order valence-corrected chi connectivity index (χ1v) is 6.64. The molecule has 102 valence electrons. The van der Waals surface area contributed by atoms with Crippen molar-refractivity contribution in [3.63, 3.8) is 0 Å². The predicted octanol–water partition coefficient (Wildman–Crippen LogP) is 3.74. The second-order valence-corrected chi connectivity index (χ2v) is 4.75. The summed E-state index contributed by atoms with van der Waals surface area (Å²) in [6, 6.07) is 5.84. The van der Waals surface area contributed by atoms with Crippen LogP contribution >= 0.6 is 11.6 Å². The van der Waals surface area contributed by atoms with Crippen LogP contribution in [0.15, 0.2) is 30.6 Å². The van der Waals surface area contributed by atoms with Crippen molar-refractivity contribution in [2.45, 2.75) is 26.4 Å². The zero-order valence-electron chi connectivity index (χ0n) is 11.4. The average molecular weight is 280 g/mol. The van der Waals surface area contributed by atoms with Crippen LogP contribution in [-0.4, -0.2) is 16.9 Å². The quantitative estimate of drug-likeness (QED) is 0.906. The summed E-state index contributed by atoms with van der Waals surface area (Å²) < 4.78 is 7.05. The largest absolute Gasteiger partial charge is 0.495 e. The van der Waals surface area contributed by atoms with Crippen molar-refractivity contribution in [1.29, 1.82) is 0 Å². The summed E-state index contributed by atoms with van der Waals surface area (Å²) in [5, 5.41) is 8.27. The fraction of sp³-hybridized carbons (Fsp3) is 0.357. The van der Waals surface area contributed by atoms with Crippen LogP contribution in [0.4, 0.5) is 5.69 Å². The molecule has 2 rings (SSSR count). The molecule has 4 nitrogen and oxygen atoms in total. The molecule has 0 fully saturated rings. The summed E-state index contributed by atoms with van der Waals surface area (Å²) in [6.07, 6.45) is 3.93. The Kier molecular flexibility index (Phi) is 4.32. The van der Waals surface area contributed by atoms with Gasteiger partial charge in [0.1, 0.15) is 5.75 Å². The summed E-state index contributed by atoms with van der Waals surface area (Å²) >= 11 is 6.10. The molecule has 5 heteroatoms. The fourth-order valence-corrected chi connectivity index (χ4v) is 2.12. The van der Waals surface area contributed by atoms with E-state index >= 15 is 0 Å². The molecule has 1 atom stereocenters. The van der Waals surface area contributed by atoms with Gasteiger partial charge in [-0.3, -0.25) is 4.68 Å². The minimum atomic E-state index is 0.171. The molecule has 19 heavy (non-hydrogen) atoms. The fourth-order valence-electron chi connectivity index (χ4n) is 1.87. The number of nitrogens with zero attached hydrogens (tertiary/aromatic N) is 2. The maximum Gasteiger partial charge on any atom is 0.137 e. The molecule has 0 saturated carbocycles. The molecule has 2 aromatic rings. The van der Waals surface area contributed by atoms with Crippen molar-refractivity contribution in [2.75, 3.05) is 12.4 Å². The van der Waals surface area contributed by atoms with E-state index in [1.807, 2.05) is 35.3 Å². The van der Waals surface area contributed by atoms with E-state index in [0.717, 1.165) is 17.8 Å². The molecule has 0 radical (unpaired) electrons. The number of rotatable bonds is 5. The number of hydrogen-bond acceptors (Lipinski definition) is 3. The Balaban J connectivity index is 2.10. The molecule has 0 aliphatic heterocycles. The molecule has 1 N–H and O–H groups in total. The van der Waals surface area contributed by atoms with Crippen LogP contribution < -0.4 is 10.1 Å². The smallest absolute Gasteiger partial charge is 0.137 e. The van der Waals surface area contributed by atoms with Crippen LogP contribution in [0.1, 0.15) is 25.5 Å². The lowest BCUT2D eigenvalue weighted by molar-refractivity contribution is 0.415. The molecule has 0 amide bonds. The monoisotopic (exact) mass is 279 g/mol. The van der Waals surface area contributed by atoms with Gasteiger partial charge in [-0.05, 0) is 32.0 Å². The summed E-state index contributed by atoms with van der Waals surface area (Å²) in [6.45, 7) is 5.04. The lowest BCUT2D eigenvalue weighted by atomic mass is 10.2. The molecule has 0 spiro atoms. The number of halogens is 1.